The molecule has 0 radical (unpaired) electrons. The first-order valence-electron chi connectivity index (χ1n) is 6.90. The zero-order valence-electron chi connectivity index (χ0n) is 12.4. The van der Waals surface area contributed by atoms with Crippen molar-refractivity contribution in [3.8, 4) is 11.8 Å². The molecule has 1 heterocycles. The summed E-state index contributed by atoms with van der Waals surface area (Å²) >= 11 is 0. The Morgan fingerprint density at radius 2 is 2.05 bits per heavy atom. The normalized spacial score (nSPS) is 11.4. The van der Waals surface area contributed by atoms with Crippen molar-refractivity contribution in [2.24, 2.45) is 7.05 Å². The quantitative estimate of drug-likeness (QED) is 0.692. The number of imidazole rings is 1. The Balaban J connectivity index is 2.11. The molecular formula is C18H15N3O. The van der Waals surface area contributed by atoms with Crippen molar-refractivity contribution in [1.82, 2.24) is 9.55 Å². The molecule has 0 aliphatic rings. The van der Waals surface area contributed by atoms with Gasteiger partial charge in [0.15, 0.2) is 5.82 Å². The lowest BCUT2D eigenvalue weighted by atomic mass is 10.1. The van der Waals surface area contributed by atoms with Crippen LogP contribution in [0.5, 0.6) is 5.75 Å². The summed E-state index contributed by atoms with van der Waals surface area (Å²) in [6, 6.07) is 17.7. The predicted octanol–water partition coefficient (Wildman–Crippen LogP) is 3.65. The van der Waals surface area contributed by atoms with Crippen molar-refractivity contribution >= 4 is 22.7 Å². The minimum absolute atomic E-state index is 0.520. The van der Waals surface area contributed by atoms with Gasteiger partial charge in [-0.25, -0.2) is 4.98 Å². The Labute approximate surface area is 128 Å². The molecule has 1 aromatic heterocycles. The van der Waals surface area contributed by atoms with Gasteiger partial charge in [-0.05, 0) is 35.9 Å². The SMILES string of the molecule is COc1cccc(/C=C(\C#N)c2nc3ccccc3n2C)c1. The summed E-state index contributed by atoms with van der Waals surface area (Å²) in [6.45, 7) is 0. The van der Waals surface area contributed by atoms with Crippen LogP contribution in [0, 0.1) is 11.3 Å². The molecule has 0 saturated carbocycles. The number of hydrogen-bond donors (Lipinski definition) is 0. The number of ether oxygens (including phenoxy) is 1. The minimum atomic E-state index is 0.520. The second-order valence-corrected chi connectivity index (χ2v) is 4.93. The molecule has 0 amide bonds. The van der Waals surface area contributed by atoms with Gasteiger partial charge < -0.3 is 9.30 Å². The number of nitriles is 1. The Morgan fingerprint density at radius 1 is 1.23 bits per heavy atom. The molecule has 0 aliphatic heterocycles. The molecule has 0 bridgehead atoms. The maximum atomic E-state index is 9.51. The summed E-state index contributed by atoms with van der Waals surface area (Å²) in [6.07, 6.45) is 1.82. The van der Waals surface area contributed by atoms with Gasteiger partial charge in [-0.3, -0.25) is 0 Å². The minimum Gasteiger partial charge on any atom is -0.497 e. The molecule has 0 atom stereocenters. The lowest BCUT2D eigenvalue weighted by Gasteiger charge is -2.03. The van der Waals surface area contributed by atoms with Gasteiger partial charge in [0.1, 0.15) is 11.8 Å². The molecule has 4 nitrogen and oxygen atoms in total. The molecular weight excluding hydrogens is 274 g/mol. The molecule has 0 fully saturated rings. The fourth-order valence-corrected chi connectivity index (χ4v) is 2.43. The van der Waals surface area contributed by atoms with E-state index in [0.717, 1.165) is 22.3 Å². The molecule has 3 rings (SSSR count). The Bertz CT molecular complexity index is 900. The molecule has 3 aromatic rings. The van der Waals surface area contributed by atoms with E-state index in [-0.39, 0.29) is 0 Å². The number of rotatable bonds is 3. The number of aromatic nitrogens is 2. The maximum Gasteiger partial charge on any atom is 0.151 e. The zero-order chi connectivity index (χ0) is 15.5. The fraction of sp³-hybridized carbons (Fsp3) is 0.111. The Kier molecular flexibility index (Phi) is 3.63. The van der Waals surface area contributed by atoms with E-state index in [0.29, 0.717) is 11.4 Å². The monoisotopic (exact) mass is 289 g/mol. The lowest BCUT2D eigenvalue weighted by molar-refractivity contribution is 0.414. The third-order valence-electron chi connectivity index (χ3n) is 3.55. The number of aryl methyl sites for hydroxylation is 1. The number of para-hydroxylation sites is 2. The summed E-state index contributed by atoms with van der Waals surface area (Å²) in [5, 5.41) is 9.51. The van der Waals surface area contributed by atoms with Crippen molar-refractivity contribution in [2.75, 3.05) is 7.11 Å². The fourth-order valence-electron chi connectivity index (χ4n) is 2.43. The van der Waals surface area contributed by atoms with Gasteiger partial charge in [-0.1, -0.05) is 24.3 Å². The summed E-state index contributed by atoms with van der Waals surface area (Å²) < 4.78 is 7.15. The van der Waals surface area contributed by atoms with Crippen LogP contribution in [-0.4, -0.2) is 16.7 Å². The van der Waals surface area contributed by atoms with Crippen LogP contribution < -0.4 is 4.74 Å². The first-order chi connectivity index (χ1) is 10.7. The molecule has 22 heavy (non-hydrogen) atoms. The lowest BCUT2D eigenvalue weighted by Crippen LogP contribution is -1.96. The summed E-state index contributed by atoms with van der Waals surface area (Å²) in [5.41, 5.74) is 3.31. The molecule has 0 aliphatic carbocycles. The molecule has 0 saturated heterocycles. The Morgan fingerprint density at radius 3 is 2.77 bits per heavy atom. The van der Waals surface area contributed by atoms with Gasteiger partial charge in [0.05, 0.1) is 23.7 Å². The van der Waals surface area contributed by atoms with Crippen LogP contribution in [0.2, 0.25) is 0 Å². The van der Waals surface area contributed by atoms with E-state index in [2.05, 4.69) is 11.1 Å². The van der Waals surface area contributed by atoms with Crippen molar-refractivity contribution in [2.45, 2.75) is 0 Å². The molecule has 4 heteroatoms. The number of allylic oxidation sites excluding steroid dienone is 1. The van der Waals surface area contributed by atoms with Gasteiger partial charge in [-0.2, -0.15) is 5.26 Å². The highest BCUT2D eigenvalue weighted by molar-refractivity contribution is 5.90. The number of nitrogens with zero attached hydrogens (tertiary/aromatic N) is 3. The average Bonchev–Trinajstić information content (AvgIpc) is 2.90. The van der Waals surface area contributed by atoms with E-state index in [9.17, 15) is 5.26 Å². The Hall–Kier alpha value is -3.06. The highest BCUT2D eigenvalue weighted by Gasteiger charge is 2.11. The van der Waals surface area contributed by atoms with E-state index in [4.69, 9.17) is 4.74 Å². The molecule has 0 N–H and O–H groups in total. The second kappa shape index (κ2) is 5.74. The summed E-state index contributed by atoms with van der Waals surface area (Å²) in [5.74, 6) is 1.42. The van der Waals surface area contributed by atoms with E-state index < -0.39 is 0 Å². The third-order valence-corrected chi connectivity index (χ3v) is 3.55. The van der Waals surface area contributed by atoms with Gasteiger partial charge in [0, 0.05) is 7.05 Å². The zero-order valence-corrected chi connectivity index (χ0v) is 12.4. The molecule has 108 valence electrons. The van der Waals surface area contributed by atoms with Crippen LogP contribution in [0.25, 0.3) is 22.7 Å². The van der Waals surface area contributed by atoms with Gasteiger partial charge in [-0.15, -0.1) is 0 Å². The van der Waals surface area contributed by atoms with E-state index in [1.807, 2.05) is 66.2 Å². The van der Waals surface area contributed by atoms with Crippen molar-refractivity contribution in [3.63, 3.8) is 0 Å². The van der Waals surface area contributed by atoms with Gasteiger partial charge >= 0.3 is 0 Å². The smallest absolute Gasteiger partial charge is 0.151 e. The molecule has 0 unspecified atom stereocenters. The van der Waals surface area contributed by atoms with E-state index >= 15 is 0 Å². The highest BCUT2D eigenvalue weighted by Crippen LogP contribution is 2.23. The topological polar surface area (TPSA) is 50.8 Å². The van der Waals surface area contributed by atoms with Gasteiger partial charge in [0.25, 0.3) is 0 Å². The average molecular weight is 289 g/mol. The van der Waals surface area contributed by atoms with Crippen molar-refractivity contribution in [1.29, 1.82) is 5.26 Å². The maximum absolute atomic E-state index is 9.51. The summed E-state index contributed by atoms with van der Waals surface area (Å²) in [7, 11) is 3.54. The van der Waals surface area contributed by atoms with Crippen molar-refractivity contribution < 1.29 is 4.74 Å². The number of fused-ring (bicyclic) bond motifs is 1. The largest absolute Gasteiger partial charge is 0.497 e. The van der Waals surface area contributed by atoms with E-state index in [1.165, 1.54) is 0 Å². The molecule has 0 spiro atoms. The standard InChI is InChI=1S/C18H15N3O/c1-21-17-9-4-3-8-16(17)20-18(21)14(12-19)10-13-6-5-7-15(11-13)22-2/h3-11H,1-2H3/b14-10+. The number of methoxy groups -OCH3 is 1. The number of benzene rings is 2. The first kappa shape index (κ1) is 13.9. The van der Waals surface area contributed by atoms with Crippen molar-refractivity contribution in [3.05, 3.63) is 59.9 Å². The van der Waals surface area contributed by atoms with E-state index in [1.54, 1.807) is 7.11 Å². The number of hydrogen-bond acceptors (Lipinski definition) is 3. The van der Waals surface area contributed by atoms with Crippen LogP contribution in [0.4, 0.5) is 0 Å². The van der Waals surface area contributed by atoms with Crippen LogP contribution >= 0.6 is 0 Å². The van der Waals surface area contributed by atoms with Crippen LogP contribution in [-0.2, 0) is 7.05 Å². The first-order valence-corrected chi connectivity index (χ1v) is 6.90. The van der Waals surface area contributed by atoms with Crippen LogP contribution in [0.3, 0.4) is 0 Å². The van der Waals surface area contributed by atoms with Gasteiger partial charge in [0.2, 0.25) is 0 Å². The van der Waals surface area contributed by atoms with Crippen LogP contribution in [0.15, 0.2) is 48.5 Å². The second-order valence-electron chi connectivity index (χ2n) is 4.93. The highest BCUT2D eigenvalue weighted by atomic mass is 16.5. The van der Waals surface area contributed by atoms with Crippen LogP contribution in [0.1, 0.15) is 11.4 Å². The third kappa shape index (κ3) is 2.45. The predicted molar refractivity (Wildman–Crippen MR) is 87.2 cm³/mol. The molecule has 2 aromatic carbocycles. The summed E-state index contributed by atoms with van der Waals surface area (Å²) in [4.78, 5) is 4.56.